The molecule has 0 spiro atoms. The summed E-state index contributed by atoms with van der Waals surface area (Å²) in [4.78, 5) is 3.24. The monoisotopic (exact) mass is 266 g/mol. The van der Waals surface area contributed by atoms with Gasteiger partial charge in [-0.1, -0.05) is 24.6 Å². The smallest absolute Gasteiger partial charge is 0.0499 e. The van der Waals surface area contributed by atoms with Crippen LogP contribution in [0.5, 0.6) is 0 Å². The number of ether oxygens (including phenoxy) is 1. The van der Waals surface area contributed by atoms with E-state index >= 15 is 0 Å². The van der Waals surface area contributed by atoms with Crippen LogP contribution in [0.15, 0.2) is 24.4 Å². The van der Waals surface area contributed by atoms with Crippen LogP contribution in [0.3, 0.4) is 0 Å². The van der Waals surface area contributed by atoms with Gasteiger partial charge >= 0.3 is 0 Å². The number of methoxy groups -OCH3 is 1. The molecule has 0 amide bonds. The Balaban J connectivity index is 1.96. The summed E-state index contributed by atoms with van der Waals surface area (Å²) >= 11 is 5.96. The molecular formula is C14H19ClN2O. The van der Waals surface area contributed by atoms with Gasteiger partial charge in [-0.15, -0.1) is 0 Å². The van der Waals surface area contributed by atoms with Gasteiger partial charge in [0.1, 0.15) is 0 Å². The highest BCUT2D eigenvalue weighted by Crippen LogP contribution is 2.21. The lowest BCUT2D eigenvalue weighted by Crippen LogP contribution is -2.23. The number of hydrogen-bond acceptors (Lipinski definition) is 2. The number of rotatable bonds is 6. The molecule has 1 unspecified atom stereocenters. The molecule has 0 saturated carbocycles. The summed E-state index contributed by atoms with van der Waals surface area (Å²) in [6, 6.07) is 5.94. The highest BCUT2D eigenvalue weighted by Gasteiger charge is 2.05. The van der Waals surface area contributed by atoms with Crippen LogP contribution < -0.4 is 5.32 Å². The van der Waals surface area contributed by atoms with E-state index in [1.54, 1.807) is 7.11 Å². The number of halogens is 1. The average molecular weight is 267 g/mol. The molecule has 1 aromatic heterocycles. The largest absolute Gasteiger partial charge is 0.384 e. The molecule has 0 bridgehead atoms. The van der Waals surface area contributed by atoms with E-state index in [1.165, 1.54) is 10.9 Å². The van der Waals surface area contributed by atoms with Gasteiger partial charge in [0.15, 0.2) is 0 Å². The summed E-state index contributed by atoms with van der Waals surface area (Å²) in [6.07, 6.45) is 2.04. The summed E-state index contributed by atoms with van der Waals surface area (Å²) < 4.78 is 5.11. The Kier molecular flexibility index (Phi) is 4.64. The molecule has 1 aromatic carbocycles. The van der Waals surface area contributed by atoms with Crippen LogP contribution in [0.25, 0.3) is 10.9 Å². The quantitative estimate of drug-likeness (QED) is 0.843. The van der Waals surface area contributed by atoms with Gasteiger partial charge in [-0.3, -0.25) is 0 Å². The van der Waals surface area contributed by atoms with Crippen molar-refractivity contribution in [1.29, 1.82) is 0 Å². The first-order chi connectivity index (χ1) is 8.70. The Hall–Kier alpha value is -1.03. The van der Waals surface area contributed by atoms with Crippen molar-refractivity contribution in [2.24, 2.45) is 5.92 Å². The number of hydrogen-bond donors (Lipinski definition) is 2. The molecule has 0 fully saturated rings. The molecule has 2 aromatic rings. The molecule has 3 nitrogen and oxygen atoms in total. The maximum Gasteiger partial charge on any atom is 0.0499 e. The molecule has 2 N–H and O–H groups in total. The third-order valence-corrected chi connectivity index (χ3v) is 3.22. The van der Waals surface area contributed by atoms with Crippen LogP contribution >= 0.6 is 11.6 Å². The molecule has 0 radical (unpaired) electrons. The van der Waals surface area contributed by atoms with Crippen molar-refractivity contribution in [3.63, 3.8) is 0 Å². The summed E-state index contributed by atoms with van der Waals surface area (Å²) in [5.74, 6) is 0.523. The molecule has 4 heteroatoms. The zero-order valence-corrected chi connectivity index (χ0v) is 11.6. The van der Waals surface area contributed by atoms with Gasteiger partial charge in [-0.05, 0) is 23.6 Å². The minimum Gasteiger partial charge on any atom is -0.384 e. The average Bonchev–Trinajstić information content (AvgIpc) is 2.72. The van der Waals surface area contributed by atoms with Crippen LogP contribution in [0.2, 0.25) is 5.02 Å². The topological polar surface area (TPSA) is 37.0 Å². The Bertz CT molecular complexity index is 509. The first-order valence-corrected chi connectivity index (χ1v) is 6.53. The predicted octanol–water partition coefficient (Wildman–Crippen LogP) is 3.19. The molecule has 0 saturated heterocycles. The van der Waals surface area contributed by atoms with Gasteiger partial charge in [-0.2, -0.15) is 0 Å². The van der Waals surface area contributed by atoms with E-state index in [1.807, 2.05) is 18.3 Å². The minimum atomic E-state index is 0.523. The Morgan fingerprint density at radius 3 is 3.06 bits per heavy atom. The minimum absolute atomic E-state index is 0.523. The molecule has 98 valence electrons. The lowest BCUT2D eigenvalue weighted by molar-refractivity contribution is 0.158. The fraction of sp³-hybridized carbons (Fsp3) is 0.429. The zero-order chi connectivity index (χ0) is 13.0. The zero-order valence-electron chi connectivity index (χ0n) is 10.8. The lowest BCUT2D eigenvalue weighted by atomic mass is 10.1. The molecule has 0 aliphatic rings. The number of aromatic nitrogens is 1. The van der Waals surface area contributed by atoms with Crippen LogP contribution in [-0.4, -0.2) is 25.2 Å². The Labute approximate surface area is 112 Å². The molecule has 0 aliphatic heterocycles. The van der Waals surface area contributed by atoms with E-state index < -0.39 is 0 Å². The SMILES string of the molecule is COCC(C)CNCc1c[nH]c2cc(Cl)ccc12. The fourth-order valence-electron chi connectivity index (χ4n) is 2.10. The summed E-state index contributed by atoms with van der Waals surface area (Å²) in [5.41, 5.74) is 2.36. The number of nitrogens with one attached hydrogen (secondary N) is 2. The molecule has 2 rings (SSSR count). The van der Waals surface area contributed by atoms with Crippen LogP contribution in [-0.2, 0) is 11.3 Å². The van der Waals surface area contributed by atoms with E-state index in [9.17, 15) is 0 Å². The summed E-state index contributed by atoms with van der Waals surface area (Å²) in [5, 5.41) is 5.44. The number of fused-ring (bicyclic) bond motifs is 1. The second-order valence-corrected chi connectivity index (χ2v) is 5.13. The first kappa shape index (κ1) is 13.4. The standard InChI is InChI=1S/C14H19ClN2O/c1-10(9-18-2)6-16-7-11-8-17-14-5-12(15)3-4-13(11)14/h3-5,8,10,16-17H,6-7,9H2,1-2H3. The van der Waals surface area contributed by atoms with Crippen LogP contribution in [0.4, 0.5) is 0 Å². The van der Waals surface area contributed by atoms with Gasteiger partial charge in [0.2, 0.25) is 0 Å². The predicted molar refractivity (Wildman–Crippen MR) is 76.1 cm³/mol. The van der Waals surface area contributed by atoms with Crippen molar-refractivity contribution in [3.05, 3.63) is 35.0 Å². The van der Waals surface area contributed by atoms with E-state index in [0.717, 1.165) is 30.2 Å². The Morgan fingerprint density at radius 1 is 1.44 bits per heavy atom. The van der Waals surface area contributed by atoms with Crippen molar-refractivity contribution >= 4 is 22.5 Å². The molecule has 0 aliphatic carbocycles. The number of aromatic amines is 1. The van der Waals surface area contributed by atoms with E-state index in [4.69, 9.17) is 16.3 Å². The third-order valence-electron chi connectivity index (χ3n) is 2.99. The van der Waals surface area contributed by atoms with Crippen molar-refractivity contribution < 1.29 is 4.74 Å². The van der Waals surface area contributed by atoms with Crippen molar-refractivity contribution in [1.82, 2.24) is 10.3 Å². The molecule has 1 heterocycles. The summed E-state index contributed by atoms with van der Waals surface area (Å²) in [7, 11) is 1.74. The van der Waals surface area contributed by atoms with Gasteiger partial charge in [-0.25, -0.2) is 0 Å². The molecule has 18 heavy (non-hydrogen) atoms. The fourth-order valence-corrected chi connectivity index (χ4v) is 2.27. The maximum atomic E-state index is 5.96. The van der Waals surface area contributed by atoms with Crippen LogP contribution in [0, 0.1) is 5.92 Å². The van der Waals surface area contributed by atoms with Gasteiger partial charge in [0.25, 0.3) is 0 Å². The number of H-pyrrole nitrogens is 1. The van der Waals surface area contributed by atoms with E-state index in [0.29, 0.717) is 5.92 Å². The second kappa shape index (κ2) is 6.23. The van der Waals surface area contributed by atoms with E-state index in [2.05, 4.69) is 23.3 Å². The lowest BCUT2D eigenvalue weighted by Gasteiger charge is -2.10. The van der Waals surface area contributed by atoms with E-state index in [-0.39, 0.29) is 0 Å². The van der Waals surface area contributed by atoms with Crippen molar-refractivity contribution in [2.45, 2.75) is 13.5 Å². The number of benzene rings is 1. The third kappa shape index (κ3) is 3.25. The normalized spacial score (nSPS) is 13.1. The molecular weight excluding hydrogens is 248 g/mol. The van der Waals surface area contributed by atoms with Gasteiger partial charge < -0.3 is 15.0 Å². The maximum absolute atomic E-state index is 5.96. The second-order valence-electron chi connectivity index (χ2n) is 4.70. The summed E-state index contributed by atoms with van der Waals surface area (Å²) in [6.45, 7) is 4.77. The van der Waals surface area contributed by atoms with Crippen LogP contribution in [0.1, 0.15) is 12.5 Å². The molecule has 1 atom stereocenters. The highest BCUT2D eigenvalue weighted by atomic mass is 35.5. The first-order valence-electron chi connectivity index (χ1n) is 6.16. The van der Waals surface area contributed by atoms with Crippen molar-refractivity contribution in [3.8, 4) is 0 Å². The Morgan fingerprint density at radius 2 is 2.28 bits per heavy atom. The van der Waals surface area contributed by atoms with Gasteiger partial charge in [0.05, 0.1) is 0 Å². The highest BCUT2D eigenvalue weighted by molar-refractivity contribution is 6.31. The van der Waals surface area contributed by atoms with Crippen molar-refractivity contribution in [2.75, 3.05) is 20.3 Å². The van der Waals surface area contributed by atoms with Gasteiger partial charge in [0, 0.05) is 48.9 Å².